The van der Waals surface area contributed by atoms with Crippen molar-refractivity contribution in [1.29, 1.82) is 0 Å². The van der Waals surface area contributed by atoms with E-state index in [0.29, 0.717) is 23.9 Å². The zero-order chi connectivity index (χ0) is 38.6. The number of carbonyl (C=O) groups is 2. The molecule has 0 amide bonds. The van der Waals surface area contributed by atoms with Crippen LogP contribution in [0, 0.1) is 0 Å². The molecule has 1 N–H and O–H groups in total. The van der Waals surface area contributed by atoms with Crippen LogP contribution in [0.4, 0.5) is 0 Å². The SMILES string of the molecule is CCCC/C=C/CCCCCCCCCCCC(=O)OC[C@H](COP(=O)(O)OCC[N+](C)(C)C)OC(=O)CCCCCCCCCCCCCCC. The maximum absolute atomic E-state index is 12.6. The van der Waals surface area contributed by atoms with Crippen LogP contribution in [0.25, 0.3) is 0 Å². The van der Waals surface area contributed by atoms with Crippen LogP contribution in [0.2, 0.25) is 0 Å². The number of phosphoric ester groups is 1. The van der Waals surface area contributed by atoms with Crippen LogP contribution < -0.4 is 0 Å². The van der Waals surface area contributed by atoms with Gasteiger partial charge in [-0.2, -0.15) is 0 Å². The van der Waals surface area contributed by atoms with Gasteiger partial charge < -0.3 is 18.9 Å². The van der Waals surface area contributed by atoms with Gasteiger partial charge in [0.1, 0.15) is 19.8 Å². The van der Waals surface area contributed by atoms with Gasteiger partial charge in [-0.25, -0.2) is 4.57 Å². The van der Waals surface area contributed by atoms with Crippen molar-refractivity contribution in [1.82, 2.24) is 0 Å². The fraction of sp³-hybridized carbons (Fsp3) is 0.905. The van der Waals surface area contributed by atoms with Crippen LogP contribution >= 0.6 is 7.82 Å². The molecule has 308 valence electrons. The lowest BCUT2D eigenvalue weighted by Crippen LogP contribution is -2.37. The number of unbranched alkanes of at least 4 members (excludes halogenated alkanes) is 23. The van der Waals surface area contributed by atoms with Crippen molar-refractivity contribution in [2.24, 2.45) is 0 Å². The lowest BCUT2D eigenvalue weighted by molar-refractivity contribution is -0.870. The number of esters is 2. The third kappa shape index (κ3) is 38.5. The van der Waals surface area contributed by atoms with E-state index in [1.807, 2.05) is 21.1 Å². The molecule has 9 nitrogen and oxygen atoms in total. The molecule has 0 saturated heterocycles. The van der Waals surface area contributed by atoms with Gasteiger partial charge >= 0.3 is 19.8 Å². The summed E-state index contributed by atoms with van der Waals surface area (Å²) in [6, 6.07) is 0. The average Bonchev–Trinajstić information content (AvgIpc) is 3.09. The average molecular weight is 761 g/mol. The molecule has 0 bridgehead atoms. The van der Waals surface area contributed by atoms with Crippen molar-refractivity contribution in [2.75, 3.05) is 47.5 Å². The molecule has 0 aromatic heterocycles. The maximum Gasteiger partial charge on any atom is 0.472 e. The van der Waals surface area contributed by atoms with Gasteiger partial charge in [0.15, 0.2) is 6.10 Å². The molecule has 52 heavy (non-hydrogen) atoms. The lowest BCUT2D eigenvalue weighted by atomic mass is 10.0. The molecule has 0 spiro atoms. The number of hydrogen-bond acceptors (Lipinski definition) is 7. The van der Waals surface area contributed by atoms with Gasteiger partial charge in [0.2, 0.25) is 0 Å². The minimum absolute atomic E-state index is 0.0346. The Morgan fingerprint density at radius 1 is 0.577 bits per heavy atom. The number of likely N-dealkylation sites (N-methyl/N-ethyl adjacent to an activating group) is 1. The predicted octanol–water partition coefficient (Wildman–Crippen LogP) is 11.8. The third-order valence-electron chi connectivity index (χ3n) is 9.30. The topological polar surface area (TPSA) is 108 Å². The number of nitrogens with zero attached hydrogens (tertiary/aromatic N) is 1. The van der Waals surface area contributed by atoms with Crippen molar-refractivity contribution in [2.45, 2.75) is 200 Å². The summed E-state index contributed by atoms with van der Waals surface area (Å²) in [4.78, 5) is 35.3. The number of ether oxygens (including phenoxy) is 2. The number of hydrogen-bond donors (Lipinski definition) is 1. The minimum Gasteiger partial charge on any atom is -0.462 e. The van der Waals surface area contributed by atoms with Crippen LogP contribution in [0.15, 0.2) is 12.2 Å². The molecule has 0 radical (unpaired) electrons. The first kappa shape index (κ1) is 50.8. The molecule has 0 aliphatic heterocycles. The highest BCUT2D eigenvalue weighted by atomic mass is 31.2. The minimum atomic E-state index is -4.37. The smallest absolute Gasteiger partial charge is 0.462 e. The first-order valence-electron chi connectivity index (χ1n) is 21.4. The monoisotopic (exact) mass is 761 g/mol. The zero-order valence-corrected chi connectivity index (χ0v) is 35.5. The summed E-state index contributed by atoms with van der Waals surface area (Å²) in [6.45, 7) is 4.40. The second-order valence-electron chi connectivity index (χ2n) is 15.7. The highest BCUT2D eigenvalue weighted by Gasteiger charge is 2.27. The maximum atomic E-state index is 12.6. The van der Waals surface area contributed by atoms with Crippen molar-refractivity contribution < 1.29 is 42.1 Å². The van der Waals surface area contributed by atoms with E-state index in [2.05, 4.69) is 26.0 Å². The Morgan fingerprint density at radius 3 is 1.48 bits per heavy atom. The van der Waals surface area contributed by atoms with Gasteiger partial charge in [-0.05, 0) is 32.1 Å². The van der Waals surface area contributed by atoms with E-state index in [0.717, 1.165) is 32.1 Å². The van der Waals surface area contributed by atoms with E-state index in [1.54, 1.807) is 0 Å². The molecule has 2 atom stereocenters. The van der Waals surface area contributed by atoms with E-state index in [-0.39, 0.29) is 25.6 Å². The van der Waals surface area contributed by atoms with Crippen molar-refractivity contribution in [3.05, 3.63) is 12.2 Å². The van der Waals surface area contributed by atoms with Gasteiger partial charge in [0.05, 0.1) is 27.7 Å². The number of quaternary nitrogens is 1. The largest absolute Gasteiger partial charge is 0.472 e. The molecule has 0 aromatic rings. The summed E-state index contributed by atoms with van der Waals surface area (Å²) in [5.74, 6) is -0.793. The van der Waals surface area contributed by atoms with E-state index in [9.17, 15) is 19.0 Å². The van der Waals surface area contributed by atoms with Gasteiger partial charge in [0.25, 0.3) is 0 Å². The first-order chi connectivity index (χ1) is 25.0. The predicted molar refractivity (Wildman–Crippen MR) is 215 cm³/mol. The Hall–Kier alpha value is -1.25. The normalized spacial score (nSPS) is 13.7. The summed E-state index contributed by atoms with van der Waals surface area (Å²) >= 11 is 0. The van der Waals surface area contributed by atoms with Crippen molar-refractivity contribution in [3.8, 4) is 0 Å². The zero-order valence-electron chi connectivity index (χ0n) is 34.6. The molecule has 0 heterocycles. The second-order valence-corrected chi connectivity index (χ2v) is 17.2. The van der Waals surface area contributed by atoms with Gasteiger partial charge in [-0.1, -0.05) is 161 Å². The molecule has 10 heteroatoms. The summed E-state index contributed by atoms with van der Waals surface area (Å²) in [6.07, 6.45) is 35.3. The Bertz CT molecular complexity index is 907. The van der Waals surface area contributed by atoms with Crippen LogP contribution in [-0.4, -0.2) is 74.9 Å². The van der Waals surface area contributed by atoms with Crippen molar-refractivity contribution in [3.63, 3.8) is 0 Å². The van der Waals surface area contributed by atoms with E-state index in [4.69, 9.17) is 18.5 Å². The molecular formula is C42H83NO8P+. The van der Waals surface area contributed by atoms with E-state index < -0.39 is 26.5 Å². The Morgan fingerprint density at radius 2 is 1.00 bits per heavy atom. The van der Waals surface area contributed by atoms with Crippen LogP contribution in [0.5, 0.6) is 0 Å². The highest BCUT2D eigenvalue weighted by Crippen LogP contribution is 2.43. The number of carbonyl (C=O) groups excluding carboxylic acids is 2. The number of phosphoric acid groups is 1. The summed E-state index contributed by atoms with van der Waals surface area (Å²) in [5, 5.41) is 0. The fourth-order valence-electron chi connectivity index (χ4n) is 5.88. The molecule has 0 aromatic carbocycles. The third-order valence-corrected chi connectivity index (χ3v) is 10.3. The first-order valence-corrected chi connectivity index (χ1v) is 22.9. The summed E-state index contributed by atoms with van der Waals surface area (Å²) in [5.41, 5.74) is 0. The van der Waals surface area contributed by atoms with E-state index >= 15 is 0 Å². The Labute approximate surface area is 320 Å². The van der Waals surface area contributed by atoms with Gasteiger partial charge in [0, 0.05) is 12.8 Å². The Kier molecular flexibility index (Phi) is 34.6. The molecule has 0 aliphatic rings. The van der Waals surface area contributed by atoms with Gasteiger partial charge in [-0.3, -0.25) is 18.6 Å². The molecule has 0 fully saturated rings. The van der Waals surface area contributed by atoms with Crippen LogP contribution in [0.3, 0.4) is 0 Å². The fourth-order valence-corrected chi connectivity index (χ4v) is 6.62. The van der Waals surface area contributed by atoms with Gasteiger partial charge in [-0.15, -0.1) is 0 Å². The quantitative estimate of drug-likeness (QED) is 0.0217. The molecule has 0 rings (SSSR count). The second kappa shape index (κ2) is 35.5. The number of rotatable bonds is 39. The lowest BCUT2D eigenvalue weighted by Gasteiger charge is -2.24. The molecule has 1 unspecified atom stereocenters. The standard InChI is InChI=1S/C42H82NO8P/c1-6-8-10-12-14-16-18-20-21-23-24-26-28-30-32-34-41(44)48-38-40(39-50-52(46,47)49-37-36-43(3,4)5)51-42(45)35-33-31-29-27-25-22-19-17-15-13-11-9-7-2/h12,14,40H,6-11,13,15-39H2,1-5H3/p+1/b14-12+/t40-/m1/s1. The molecule has 0 saturated carbocycles. The summed E-state index contributed by atoms with van der Waals surface area (Å²) < 4.78 is 34.3. The van der Waals surface area contributed by atoms with E-state index in [1.165, 1.54) is 128 Å². The van der Waals surface area contributed by atoms with Crippen LogP contribution in [0.1, 0.15) is 194 Å². The highest BCUT2D eigenvalue weighted by molar-refractivity contribution is 7.47. The van der Waals surface area contributed by atoms with Crippen LogP contribution in [-0.2, 0) is 32.7 Å². The number of allylic oxidation sites excluding steroid dienone is 2. The Balaban J connectivity index is 4.35. The molecular weight excluding hydrogens is 677 g/mol. The van der Waals surface area contributed by atoms with Crippen molar-refractivity contribution >= 4 is 19.8 Å². The molecule has 0 aliphatic carbocycles. The summed E-state index contributed by atoms with van der Waals surface area (Å²) in [7, 11) is 1.48.